The maximum absolute atomic E-state index is 11.9. The molecule has 0 bridgehead atoms. The van der Waals surface area contributed by atoms with Crippen molar-refractivity contribution in [1.29, 1.82) is 0 Å². The summed E-state index contributed by atoms with van der Waals surface area (Å²) in [5.41, 5.74) is 2.29. The molecular weight excluding hydrogens is 300 g/mol. The quantitative estimate of drug-likeness (QED) is 0.908. The fourth-order valence-electron chi connectivity index (χ4n) is 4.29. The summed E-state index contributed by atoms with van der Waals surface area (Å²) in [6, 6.07) is 6.25. The lowest BCUT2D eigenvalue weighted by atomic mass is 9.86. The molecule has 5 heteroatoms. The first-order valence-electron chi connectivity index (χ1n) is 9.24. The molecule has 3 fully saturated rings. The molecule has 3 aliphatic rings. The highest BCUT2D eigenvalue weighted by molar-refractivity contribution is 5.79. The molecular formula is C19H28N4O. The molecule has 2 saturated heterocycles. The monoisotopic (exact) mass is 328 g/mol. The highest BCUT2D eigenvalue weighted by Crippen LogP contribution is 2.35. The Morgan fingerprint density at radius 3 is 2.75 bits per heavy atom. The number of rotatable bonds is 4. The van der Waals surface area contributed by atoms with Gasteiger partial charge in [-0.25, -0.2) is 0 Å². The lowest BCUT2D eigenvalue weighted by Gasteiger charge is -2.32. The van der Waals surface area contributed by atoms with Crippen LogP contribution in [0, 0.1) is 18.3 Å². The molecule has 1 atom stereocenters. The minimum Gasteiger partial charge on any atom is -0.355 e. The van der Waals surface area contributed by atoms with Crippen molar-refractivity contribution >= 4 is 5.91 Å². The van der Waals surface area contributed by atoms with E-state index in [0.717, 1.165) is 56.6 Å². The standard InChI is InChI=1S/C19H28N4O/c1-15-3-2-4-17(21-15)11-23-8-7-22(10-16-5-6-16)13-19(14-23)9-18(24)20-12-19/h2-4,16H,5-14H2,1H3,(H,20,24). The van der Waals surface area contributed by atoms with Crippen molar-refractivity contribution in [2.45, 2.75) is 32.7 Å². The lowest BCUT2D eigenvalue weighted by molar-refractivity contribution is -0.119. The third kappa shape index (κ3) is 3.78. The van der Waals surface area contributed by atoms with Gasteiger partial charge in [0.05, 0.1) is 5.69 Å². The van der Waals surface area contributed by atoms with Gasteiger partial charge in [-0.3, -0.25) is 14.7 Å². The molecule has 1 unspecified atom stereocenters. The number of carbonyl (C=O) groups excluding carboxylic acids is 1. The van der Waals surface area contributed by atoms with Crippen LogP contribution < -0.4 is 5.32 Å². The summed E-state index contributed by atoms with van der Waals surface area (Å²) in [4.78, 5) is 21.7. The van der Waals surface area contributed by atoms with Gasteiger partial charge in [0, 0.05) is 63.3 Å². The molecule has 0 radical (unpaired) electrons. The summed E-state index contributed by atoms with van der Waals surface area (Å²) in [5, 5.41) is 3.08. The molecule has 1 spiro atoms. The Bertz CT molecular complexity index is 615. The van der Waals surface area contributed by atoms with Gasteiger partial charge in [0.15, 0.2) is 0 Å². The van der Waals surface area contributed by atoms with E-state index in [0.29, 0.717) is 6.42 Å². The highest BCUT2D eigenvalue weighted by Gasteiger charge is 2.43. The molecule has 24 heavy (non-hydrogen) atoms. The van der Waals surface area contributed by atoms with Crippen LogP contribution in [0.2, 0.25) is 0 Å². The lowest BCUT2D eigenvalue weighted by Crippen LogP contribution is -2.42. The van der Waals surface area contributed by atoms with Crippen LogP contribution >= 0.6 is 0 Å². The molecule has 1 amide bonds. The molecule has 1 aromatic heterocycles. The third-order valence-corrected chi connectivity index (χ3v) is 5.59. The second kappa shape index (κ2) is 6.45. The SMILES string of the molecule is Cc1cccc(CN2CCN(CC3CC3)CC3(CNC(=O)C3)C2)n1. The first-order chi connectivity index (χ1) is 11.6. The van der Waals surface area contributed by atoms with Crippen LogP contribution in [0.1, 0.15) is 30.7 Å². The Labute approximate surface area is 144 Å². The number of amides is 1. The van der Waals surface area contributed by atoms with Gasteiger partial charge in [0.2, 0.25) is 5.91 Å². The first kappa shape index (κ1) is 16.0. The van der Waals surface area contributed by atoms with Crippen molar-refractivity contribution < 1.29 is 4.79 Å². The molecule has 0 aromatic carbocycles. The van der Waals surface area contributed by atoms with Gasteiger partial charge in [-0.15, -0.1) is 0 Å². The Morgan fingerprint density at radius 2 is 2.04 bits per heavy atom. The largest absolute Gasteiger partial charge is 0.355 e. The fraction of sp³-hybridized carbons (Fsp3) is 0.684. The predicted octanol–water partition coefficient (Wildman–Crippen LogP) is 1.42. The maximum Gasteiger partial charge on any atom is 0.220 e. The molecule has 1 aliphatic carbocycles. The van der Waals surface area contributed by atoms with Crippen LogP contribution in [-0.2, 0) is 11.3 Å². The average Bonchev–Trinajstić information content (AvgIpc) is 3.29. The fourth-order valence-corrected chi connectivity index (χ4v) is 4.29. The van der Waals surface area contributed by atoms with Crippen molar-refractivity contribution in [2.24, 2.45) is 11.3 Å². The molecule has 1 N–H and O–H groups in total. The van der Waals surface area contributed by atoms with Gasteiger partial charge in [-0.1, -0.05) is 6.07 Å². The first-order valence-corrected chi connectivity index (χ1v) is 9.24. The number of aryl methyl sites for hydroxylation is 1. The van der Waals surface area contributed by atoms with Crippen molar-refractivity contribution in [3.8, 4) is 0 Å². The second-order valence-electron chi connectivity index (χ2n) is 8.11. The summed E-state index contributed by atoms with van der Waals surface area (Å²) >= 11 is 0. The van der Waals surface area contributed by atoms with Gasteiger partial charge in [-0.2, -0.15) is 0 Å². The minimum absolute atomic E-state index is 0.0757. The van der Waals surface area contributed by atoms with Crippen LogP contribution in [0.5, 0.6) is 0 Å². The zero-order valence-electron chi connectivity index (χ0n) is 14.6. The van der Waals surface area contributed by atoms with E-state index < -0.39 is 0 Å². The molecule has 1 aromatic rings. The van der Waals surface area contributed by atoms with Gasteiger partial charge in [0.25, 0.3) is 0 Å². The average molecular weight is 328 g/mol. The van der Waals surface area contributed by atoms with E-state index in [9.17, 15) is 4.79 Å². The number of carbonyl (C=O) groups is 1. The topological polar surface area (TPSA) is 48.5 Å². The van der Waals surface area contributed by atoms with Crippen LogP contribution in [0.15, 0.2) is 18.2 Å². The predicted molar refractivity (Wildman–Crippen MR) is 93.5 cm³/mol. The van der Waals surface area contributed by atoms with Crippen molar-refractivity contribution in [2.75, 3.05) is 39.3 Å². The van der Waals surface area contributed by atoms with Crippen molar-refractivity contribution in [1.82, 2.24) is 20.1 Å². The van der Waals surface area contributed by atoms with Gasteiger partial charge >= 0.3 is 0 Å². The Hall–Kier alpha value is -1.46. The minimum atomic E-state index is 0.0757. The van der Waals surface area contributed by atoms with E-state index in [1.165, 1.54) is 19.4 Å². The van der Waals surface area contributed by atoms with Crippen molar-refractivity contribution in [3.05, 3.63) is 29.6 Å². The number of nitrogens with one attached hydrogen (secondary N) is 1. The Kier molecular flexibility index (Phi) is 4.31. The Balaban J connectivity index is 1.49. The van der Waals surface area contributed by atoms with Crippen LogP contribution in [-0.4, -0.2) is 60.0 Å². The van der Waals surface area contributed by atoms with Gasteiger partial charge < -0.3 is 10.2 Å². The van der Waals surface area contributed by atoms with E-state index in [1.807, 2.05) is 13.0 Å². The van der Waals surface area contributed by atoms with Gasteiger partial charge in [-0.05, 0) is 37.8 Å². The number of nitrogens with zero attached hydrogens (tertiary/aromatic N) is 3. The van der Waals surface area contributed by atoms with E-state index in [2.05, 4.69) is 32.2 Å². The van der Waals surface area contributed by atoms with Crippen molar-refractivity contribution in [3.63, 3.8) is 0 Å². The number of pyridine rings is 1. The summed E-state index contributed by atoms with van der Waals surface area (Å²) < 4.78 is 0. The number of aromatic nitrogens is 1. The van der Waals surface area contributed by atoms with E-state index in [-0.39, 0.29) is 11.3 Å². The third-order valence-electron chi connectivity index (χ3n) is 5.59. The highest BCUT2D eigenvalue weighted by atomic mass is 16.1. The molecule has 130 valence electrons. The van der Waals surface area contributed by atoms with Crippen LogP contribution in [0.3, 0.4) is 0 Å². The molecule has 4 rings (SSSR count). The summed E-state index contributed by atoms with van der Waals surface area (Å²) in [6.45, 7) is 9.19. The molecule has 3 heterocycles. The normalized spacial score (nSPS) is 29.0. The molecule has 1 saturated carbocycles. The number of hydrogen-bond acceptors (Lipinski definition) is 4. The smallest absolute Gasteiger partial charge is 0.220 e. The number of hydrogen-bond donors (Lipinski definition) is 1. The van der Waals surface area contributed by atoms with Crippen LogP contribution in [0.25, 0.3) is 0 Å². The van der Waals surface area contributed by atoms with Crippen LogP contribution in [0.4, 0.5) is 0 Å². The van der Waals surface area contributed by atoms with E-state index >= 15 is 0 Å². The van der Waals surface area contributed by atoms with Gasteiger partial charge in [0.1, 0.15) is 0 Å². The van der Waals surface area contributed by atoms with E-state index in [1.54, 1.807) is 0 Å². The summed E-state index contributed by atoms with van der Waals surface area (Å²) in [5.74, 6) is 1.12. The Morgan fingerprint density at radius 1 is 1.25 bits per heavy atom. The molecule has 5 nitrogen and oxygen atoms in total. The maximum atomic E-state index is 11.9. The zero-order valence-corrected chi connectivity index (χ0v) is 14.6. The summed E-state index contributed by atoms with van der Waals surface area (Å²) in [6.07, 6.45) is 3.45. The zero-order chi connectivity index (χ0) is 16.6. The second-order valence-corrected chi connectivity index (χ2v) is 8.11. The summed E-state index contributed by atoms with van der Waals surface area (Å²) in [7, 11) is 0. The molecule has 2 aliphatic heterocycles. The van der Waals surface area contributed by atoms with E-state index in [4.69, 9.17) is 0 Å².